The monoisotopic (exact) mass is 293 g/mol. The molecule has 5 nitrogen and oxygen atoms in total. The summed E-state index contributed by atoms with van der Waals surface area (Å²) in [6.45, 7) is 4.10. The number of hydrogen-bond donors (Lipinski definition) is 1. The molecule has 2 aromatic rings. The van der Waals surface area contributed by atoms with Gasteiger partial charge in [-0.3, -0.25) is 14.0 Å². The molecule has 20 heavy (non-hydrogen) atoms. The van der Waals surface area contributed by atoms with Crippen molar-refractivity contribution in [1.82, 2.24) is 14.7 Å². The molecule has 0 saturated heterocycles. The van der Waals surface area contributed by atoms with E-state index in [9.17, 15) is 9.59 Å². The Morgan fingerprint density at radius 2 is 2.30 bits per heavy atom. The van der Waals surface area contributed by atoms with Gasteiger partial charge in [0, 0.05) is 23.8 Å². The largest absolute Gasteiger partial charge is 0.349 e. The van der Waals surface area contributed by atoms with E-state index in [1.807, 2.05) is 6.92 Å². The molecule has 2 aromatic heterocycles. The lowest BCUT2D eigenvalue weighted by molar-refractivity contribution is 0.0936. The maximum atomic E-state index is 12.1. The highest BCUT2D eigenvalue weighted by atomic mass is 32.1. The Kier molecular flexibility index (Phi) is 4.89. The zero-order chi connectivity index (χ0) is 14.5. The van der Waals surface area contributed by atoms with E-state index in [4.69, 9.17) is 0 Å². The molecule has 108 valence electrons. The average molecular weight is 293 g/mol. The normalized spacial score (nSPS) is 12.5. The molecule has 0 aliphatic carbocycles. The molecule has 0 fully saturated rings. The molecular formula is C14H19N3O2S. The molecule has 2 rings (SSSR count). The molecule has 6 heteroatoms. The lowest BCUT2D eigenvalue weighted by atomic mass is 10.1. The van der Waals surface area contributed by atoms with E-state index < -0.39 is 0 Å². The molecule has 0 radical (unpaired) electrons. The summed E-state index contributed by atoms with van der Waals surface area (Å²) < 4.78 is 1.40. The van der Waals surface area contributed by atoms with E-state index in [2.05, 4.69) is 17.2 Å². The number of carbonyl (C=O) groups is 1. The molecule has 2 heterocycles. The van der Waals surface area contributed by atoms with E-state index in [0.717, 1.165) is 25.7 Å². The van der Waals surface area contributed by atoms with Crippen LogP contribution in [0.1, 0.15) is 49.9 Å². The number of unbranched alkanes of at least 4 members (excludes halogenated alkanes) is 2. The summed E-state index contributed by atoms with van der Waals surface area (Å²) in [5, 5.41) is 4.64. The van der Waals surface area contributed by atoms with Crippen molar-refractivity contribution < 1.29 is 4.79 Å². The minimum Gasteiger partial charge on any atom is -0.349 e. The second-order valence-electron chi connectivity index (χ2n) is 4.90. The van der Waals surface area contributed by atoms with Crippen LogP contribution in [0.25, 0.3) is 4.96 Å². The van der Waals surface area contributed by atoms with Gasteiger partial charge in [0.05, 0.1) is 0 Å². The second-order valence-corrected chi connectivity index (χ2v) is 5.78. The number of hydrogen-bond acceptors (Lipinski definition) is 4. The Morgan fingerprint density at radius 3 is 3.05 bits per heavy atom. The first kappa shape index (κ1) is 14.7. The third-order valence-electron chi connectivity index (χ3n) is 3.21. The maximum Gasteiger partial charge on any atom is 0.271 e. The fourth-order valence-corrected chi connectivity index (χ4v) is 2.73. The van der Waals surface area contributed by atoms with Crippen molar-refractivity contribution in [2.75, 3.05) is 0 Å². The van der Waals surface area contributed by atoms with Crippen molar-refractivity contribution in [1.29, 1.82) is 0 Å². The van der Waals surface area contributed by atoms with Crippen molar-refractivity contribution in [3.8, 4) is 0 Å². The zero-order valence-electron chi connectivity index (χ0n) is 11.8. The molecule has 0 aromatic carbocycles. The molecule has 1 unspecified atom stereocenters. The third-order valence-corrected chi connectivity index (χ3v) is 3.98. The highest BCUT2D eigenvalue weighted by Crippen LogP contribution is 2.07. The fourth-order valence-electron chi connectivity index (χ4n) is 2.05. The Morgan fingerprint density at radius 1 is 1.50 bits per heavy atom. The minimum atomic E-state index is -0.341. The number of thiazole rings is 1. The summed E-state index contributed by atoms with van der Waals surface area (Å²) in [6, 6.07) is 0.0663. The molecule has 0 bridgehead atoms. The van der Waals surface area contributed by atoms with Gasteiger partial charge in [-0.15, -0.1) is 11.3 Å². The van der Waals surface area contributed by atoms with Crippen molar-refractivity contribution in [3.63, 3.8) is 0 Å². The standard InChI is InChI=1S/C14H19N3O2S/c1-3-4-5-6-10(2)16-12(18)11-9-15-14-17(13(11)19)7-8-20-14/h7-10H,3-6H2,1-2H3,(H,16,18). The van der Waals surface area contributed by atoms with E-state index in [1.165, 1.54) is 21.9 Å². The van der Waals surface area contributed by atoms with Gasteiger partial charge in [0.2, 0.25) is 0 Å². The summed E-state index contributed by atoms with van der Waals surface area (Å²) in [5.74, 6) is -0.341. The Labute approximate surface area is 121 Å². The lowest BCUT2D eigenvalue weighted by Gasteiger charge is -2.13. The van der Waals surface area contributed by atoms with Crippen LogP contribution in [0.3, 0.4) is 0 Å². The van der Waals surface area contributed by atoms with E-state index in [-0.39, 0.29) is 23.1 Å². The molecule has 0 saturated carbocycles. The lowest BCUT2D eigenvalue weighted by Crippen LogP contribution is -2.36. The smallest absolute Gasteiger partial charge is 0.271 e. The molecule has 1 N–H and O–H groups in total. The number of rotatable bonds is 6. The molecule has 0 aliphatic heterocycles. The van der Waals surface area contributed by atoms with Crippen LogP contribution in [0.5, 0.6) is 0 Å². The van der Waals surface area contributed by atoms with Crippen molar-refractivity contribution in [2.24, 2.45) is 0 Å². The fraction of sp³-hybridized carbons (Fsp3) is 0.500. The molecule has 0 spiro atoms. The van der Waals surface area contributed by atoms with Crippen LogP contribution >= 0.6 is 11.3 Å². The quantitative estimate of drug-likeness (QED) is 0.832. The van der Waals surface area contributed by atoms with Crippen molar-refractivity contribution in [2.45, 2.75) is 45.6 Å². The number of fused-ring (bicyclic) bond motifs is 1. The van der Waals surface area contributed by atoms with Crippen LogP contribution in [0.15, 0.2) is 22.6 Å². The third kappa shape index (κ3) is 3.25. The maximum absolute atomic E-state index is 12.1. The van der Waals surface area contributed by atoms with Crippen LogP contribution in [-0.4, -0.2) is 21.3 Å². The highest BCUT2D eigenvalue weighted by Gasteiger charge is 2.15. The second kappa shape index (κ2) is 6.65. The summed E-state index contributed by atoms with van der Waals surface area (Å²) in [5.41, 5.74) is -0.210. The Balaban J connectivity index is 2.07. The zero-order valence-corrected chi connectivity index (χ0v) is 12.6. The first-order chi connectivity index (χ1) is 9.63. The van der Waals surface area contributed by atoms with Gasteiger partial charge in [-0.05, 0) is 13.3 Å². The first-order valence-electron chi connectivity index (χ1n) is 6.89. The Hall–Kier alpha value is -1.69. The topological polar surface area (TPSA) is 63.5 Å². The van der Waals surface area contributed by atoms with Gasteiger partial charge < -0.3 is 5.32 Å². The van der Waals surface area contributed by atoms with Gasteiger partial charge in [-0.25, -0.2) is 4.98 Å². The van der Waals surface area contributed by atoms with Gasteiger partial charge >= 0.3 is 0 Å². The minimum absolute atomic E-state index is 0.0663. The van der Waals surface area contributed by atoms with Crippen LogP contribution in [0.2, 0.25) is 0 Å². The summed E-state index contributed by atoms with van der Waals surface area (Å²) >= 11 is 1.37. The molecule has 1 amide bonds. The predicted molar refractivity (Wildman–Crippen MR) is 80.4 cm³/mol. The Bertz CT molecular complexity index is 647. The van der Waals surface area contributed by atoms with Crippen molar-refractivity contribution in [3.05, 3.63) is 33.7 Å². The number of carbonyl (C=O) groups excluding carboxylic acids is 1. The van der Waals surface area contributed by atoms with E-state index in [1.54, 1.807) is 11.6 Å². The number of nitrogens with zero attached hydrogens (tertiary/aromatic N) is 2. The van der Waals surface area contributed by atoms with Crippen LogP contribution in [0, 0.1) is 0 Å². The summed E-state index contributed by atoms with van der Waals surface area (Å²) in [7, 11) is 0. The van der Waals surface area contributed by atoms with Crippen LogP contribution < -0.4 is 10.9 Å². The van der Waals surface area contributed by atoms with Gasteiger partial charge in [-0.1, -0.05) is 26.2 Å². The number of nitrogens with one attached hydrogen (secondary N) is 1. The number of amides is 1. The van der Waals surface area contributed by atoms with E-state index in [0.29, 0.717) is 4.96 Å². The van der Waals surface area contributed by atoms with Gasteiger partial charge in [-0.2, -0.15) is 0 Å². The SMILES string of the molecule is CCCCCC(C)NC(=O)c1cnc2sccn2c1=O. The van der Waals surface area contributed by atoms with Gasteiger partial charge in [0.1, 0.15) is 5.56 Å². The average Bonchev–Trinajstić information content (AvgIpc) is 2.88. The predicted octanol–water partition coefficient (Wildman–Crippen LogP) is 2.45. The highest BCUT2D eigenvalue weighted by molar-refractivity contribution is 7.15. The molecule has 1 atom stereocenters. The number of aromatic nitrogens is 2. The molecular weight excluding hydrogens is 274 g/mol. The van der Waals surface area contributed by atoms with Crippen molar-refractivity contribution >= 4 is 22.2 Å². The van der Waals surface area contributed by atoms with Crippen LogP contribution in [-0.2, 0) is 0 Å². The summed E-state index contributed by atoms with van der Waals surface area (Å²) in [4.78, 5) is 29.0. The molecule has 0 aliphatic rings. The van der Waals surface area contributed by atoms with E-state index >= 15 is 0 Å². The van der Waals surface area contributed by atoms with Gasteiger partial charge in [0.15, 0.2) is 4.96 Å². The van der Waals surface area contributed by atoms with Gasteiger partial charge in [0.25, 0.3) is 11.5 Å². The first-order valence-corrected chi connectivity index (χ1v) is 7.77. The van der Waals surface area contributed by atoms with Crippen LogP contribution in [0.4, 0.5) is 0 Å². The summed E-state index contributed by atoms with van der Waals surface area (Å²) in [6.07, 6.45) is 7.32.